The lowest BCUT2D eigenvalue weighted by molar-refractivity contribution is -0.146. The van der Waals surface area contributed by atoms with Gasteiger partial charge in [-0.3, -0.25) is 4.79 Å². The molecule has 0 aliphatic heterocycles. The molecule has 1 saturated carbocycles. The number of benzene rings is 1. The summed E-state index contributed by atoms with van der Waals surface area (Å²) >= 11 is 0. The number of hydrogen-bond donors (Lipinski definition) is 0. The number of carbonyl (C=O) groups is 1. The van der Waals surface area contributed by atoms with Crippen LogP contribution in [0.25, 0.3) is 0 Å². The standard InChI is InChI=1S/C14H18O2/c1-10-12(11-6-4-3-5-7-11)8-9-13(10)14(15)16-2/h3-7,10,12-13H,8-9H2,1-2H3/t10-,12+,13-/m0/s1. The molecule has 0 amide bonds. The van der Waals surface area contributed by atoms with Crippen LogP contribution in [-0.4, -0.2) is 13.1 Å². The zero-order valence-electron chi connectivity index (χ0n) is 9.85. The van der Waals surface area contributed by atoms with E-state index in [2.05, 4.69) is 31.2 Å². The van der Waals surface area contributed by atoms with Crippen LogP contribution in [0.2, 0.25) is 0 Å². The summed E-state index contributed by atoms with van der Waals surface area (Å²) in [7, 11) is 1.48. The molecule has 16 heavy (non-hydrogen) atoms. The lowest BCUT2D eigenvalue weighted by Gasteiger charge is -2.19. The van der Waals surface area contributed by atoms with Crippen LogP contribution in [0.15, 0.2) is 30.3 Å². The van der Waals surface area contributed by atoms with Crippen LogP contribution in [0.4, 0.5) is 0 Å². The summed E-state index contributed by atoms with van der Waals surface area (Å²) in [5, 5.41) is 0. The molecule has 0 heterocycles. The Bertz CT molecular complexity index is 358. The van der Waals surface area contributed by atoms with Gasteiger partial charge in [0, 0.05) is 0 Å². The second-order valence-electron chi connectivity index (χ2n) is 4.58. The second kappa shape index (κ2) is 4.69. The van der Waals surface area contributed by atoms with Crippen molar-refractivity contribution in [2.45, 2.75) is 25.7 Å². The fourth-order valence-corrected chi connectivity index (χ4v) is 2.82. The van der Waals surface area contributed by atoms with Crippen LogP contribution in [0.3, 0.4) is 0 Å². The van der Waals surface area contributed by atoms with Crippen LogP contribution in [0.1, 0.15) is 31.2 Å². The van der Waals surface area contributed by atoms with Crippen LogP contribution in [-0.2, 0) is 9.53 Å². The molecule has 1 aliphatic rings. The van der Waals surface area contributed by atoms with E-state index in [9.17, 15) is 4.79 Å². The number of hydrogen-bond acceptors (Lipinski definition) is 2. The summed E-state index contributed by atoms with van der Waals surface area (Å²) in [6.07, 6.45) is 2.04. The van der Waals surface area contributed by atoms with Gasteiger partial charge in [0.15, 0.2) is 0 Å². The van der Waals surface area contributed by atoms with Gasteiger partial charge < -0.3 is 4.74 Å². The maximum Gasteiger partial charge on any atom is 0.308 e. The van der Waals surface area contributed by atoms with Gasteiger partial charge in [-0.15, -0.1) is 0 Å². The Labute approximate surface area is 96.6 Å². The average molecular weight is 218 g/mol. The highest BCUT2D eigenvalue weighted by Gasteiger charge is 2.38. The van der Waals surface area contributed by atoms with E-state index in [0.29, 0.717) is 11.8 Å². The minimum atomic E-state index is -0.0501. The lowest BCUT2D eigenvalue weighted by atomic mass is 9.86. The van der Waals surface area contributed by atoms with Crippen molar-refractivity contribution in [2.24, 2.45) is 11.8 Å². The second-order valence-corrected chi connectivity index (χ2v) is 4.58. The Balaban J connectivity index is 2.13. The third-order valence-electron chi connectivity index (χ3n) is 3.79. The van der Waals surface area contributed by atoms with Crippen LogP contribution in [0.5, 0.6) is 0 Å². The Kier molecular flexibility index (Phi) is 3.28. The SMILES string of the molecule is COC(=O)[C@H]1CC[C@@H](c2ccccc2)[C@@H]1C. The number of esters is 1. The van der Waals surface area contributed by atoms with Gasteiger partial charge >= 0.3 is 5.97 Å². The minimum absolute atomic E-state index is 0.0501. The quantitative estimate of drug-likeness (QED) is 0.713. The van der Waals surface area contributed by atoms with Crippen molar-refractivity contribution in [3.8, 4) is 0 Å². The molecule has 1 aliphatic carbocycles. The van der Waals surface area contributed by atoms with E-state index < -0.39 is 0 Å². The molecule has 0 spiro atoms. The highest BCUT2D eigenvalue weighted by atomic mass is 16.5. The normalized spacial score (nSPS) is 29.0. The minimum Gasteiger partial charge on any atom is -0.469 e. The van der Waals surface area contributed by atoms with E-state index >= 15 is 0 Å². The highest BCUT2D eigenvalue weighted by molar-refractivity contribution is 5.73. The van der Waals surface area contributed by atoms with Crippen molar-refractivity contribution >= 4 is 5.97 Å². The van der Waals surface area contributed by atoms with Crippen molar-refractivity contribution in [3.63, 3.8) is 0 Å². The van der Waals surface area contributed by atoms with Crippen LogP contribution in [0, 0.1) is 11.8 Å². The van der Waals surface area contributed by atoms with E-state index in [1.165, 1.54) is 12.7 Å². The van der Waals surface area contributed by atoms with Gasteiger partial charge in [0.1, 0.15) is 0 Å². The first-order chi connectivity index (χ1) is 7.74. The molecule has 0 saturated heterocycles. The van der Waals surface area contributed by atoms with Gasteiger partial charge in [-0.2, -0.15) is 0 Å². The smallest absolute Gasteiger partial charge is 0.308 e. The molecule has 2 nitrogen and oxygen atoms in total. The highest BCUT2D eigenvalue weighted by Crippen LogP contribution is 2.43. The molecular formula is C14H18O2. The lowest BCUT2D eigenvalue weighted by Crippen LogP contribution is -2.20. The molecule has 0 N–H and O–H groups in total. The van der Waals surface area contributed by atoms with E-state index in [4.69, 9.17) is 4.74 Å². The predicted molar refractivity (Wildman–Crippen MR) is 63.1 cm³/mol. The zero-order chi connectivity index (χ0) is 11.5. The molecule has 2 rings (SSSR count). The number of carbonyl (C=O) groups excluding carboxylic acids is 1. The molecule has 1 aromatic rings. The summed E-state index contributed by atoms with van der Waals surface area (Å²) in [5.74, 6) is 0.918. The van der Waals surface area contributed by atoms with Gasteiger partial charge in [-0.1, -0.05) is 37.3 Å². The molecule has 0 aromatic heterocycles. The van der Waals surface area contributed by atoms with Crippen molar-refractivity contribution < 1.29 is 9.53 Å². The summed E-state index contributed by atoms with van der Waals surface area (Å²) in [6.45, 7) is 2.16. The molecule has 1 fully saturated rings. The Morgan fingerprint density at radius 2 is 1.94 bits per heavy atom. The van der Waals surface area contributed by atoms with Gasteiger partial charge in [0.05, 0.1) is 13.0 Å². The van der Waals surface area contributed by atoms with E-state index in [1.54, 1.807) is 0 Å². The van der Waals surface area contributed by atoms with E-state index in [0.717, 1.165) is 12.8 Å². The van der Waals surface area contributed by atoms with Crippen molar-refractivity contribution in [1.82, 2.24) is 0 Å². The van der Waals surface area contributed by atoms with Gasteiger partial charge in [0.25, 0.3) is 0 Å². The van der Waals surface area contributed by atoms with Gasteiger partial charge in [-0.05, 0) is 30.2 Å². The summed E-state index contributed by atoms with van der Waals surface area (Å²) in [5.41, 5.74) is 1.35. The predicted octanol–water partition coefficient (Wildman–Crippen LogP) is 2.99. The molecule has 1 aromatic carbocycles. The van der Waals surface area contributed by atoms with E-state index in [-0.39, 0.29) is 11.9 Å². The fraction of sp³-hybridized carbons (Fsp3) is 0.500. The summed E-state index contributed by atoms with van der Waals surface area (Å²) in [4.78, 5) is 11.6. The topological polar surface area (TPSA) is 26.3 Å². The maximum absolute atomic E-state index is 11.6. The average Bonchev–Trinajstić information content (AvgIpc) is 2.71. The molecule has 2 heteroatoms. The first-order valence-electron chi connectivity index (χ1n) is 5.87. The Morgan fingerprint density at radius 3 is 2.56 bits per heavy atom. The molecule has 0 unspecified atom stereocenters. The van der Waals surface area contributed by atoms with Gasteiger partial charge in [-0.25, -0.2) is 0 Å². The largest absolute Gasteiger partial charge is 0.469 e. The summed E-state index contributed by atoms with van der Waals surface area (Å²) < 4.78 is 4.85. The third kappa shape index (κ3) is 1.97. The number of methoxy groups -OCH3 is 1. The molecule has 3 atom stereocenters. The third-order valence-corrected chi connectivity index (χ3v) is 3.79. The monoisotopic (exact) mass is 218 g/mol. The first kappa shape index (κ1) is 11.2. The van der Waals surface area contributed by atoms with Gasteiger partial charge in [0.2, 0.25) is 0 Å². The fourth-order valence-electron chi connectivity index (χ4n) is 2.82. The maximum atomic E-state index is 11.6. The molecular weight excluding hydrogens is 200 g/mol. The Hall–Kier alpha value is -1.31. The molecule has 0 bridgehead atoms. The molecule has 0 radical (unpaired) electrons. The Morgan fingerprint density at radius 1 is 1.25 bits per heavy atom. The zero-order valence-corrected chi connectivity index (χ0v) is 9.85. The number of rotatable bonds is 2. The van der Waals surface area contributed by atoms with E-state index in [1.807, 2.05) is 6.07 Å². The molecule has 86 valence electrons. The first-order valence-corrected chi connectivity index (χ1v) is 5.87. The van der Waals surface area contributed by atoms with Crippen molar-refractivity contribution in [3.05, 3.63) is 35.9 Å². The van der Waals surface area contributed by atoms with Crippen LogP contribution >= 0.6 is 0 Å². The van der Waals surface area contributed by atoms with Crippen molar-refractivity contribution in [1.29, 1.82) is 0 Å². The van der Waals surface area contributed by atoms with Crippen molar-refractivity contribution in [2.75, 3.05) is 7.11 Å². The summed E-state index contributed by atoms with van der Waals surface area (Å²) in [6, 6.07) is 10.5. The van der Waals surface area contributed by atoms with Crippen LogP contribution < -0.4 is 0 Å². The number of ether oxygens (including phenoxy) is 1.